The van der Waals surface area contributed by atoms with Crippen LogP contribution < -0.4 is 21.9 Å². The minimum Gasteiger partial charge on any atom is -0.458 e. The SMILES string of the molecule is CC(Nc1ncnc(N)c1C(=[NH2+])c1cnc2[nH]ccc2c1)c1oc2cccc(F)c2c(=O)c1-c1cccc(F)c1. The molecule has 0 aliphatic heterocycles. The number of hydrogen-bond donors (Lipinski definition) is 4. The van der Waals surface area contributed by atoms with Gasteiger partial charge in [0.05, 0.1) is 17.2 Å². The van der Waals surface area contributed by atoms with Gasteiger partial charge < -0.3 is 20.5 Å². The molecule has 6 aromatic rings. The number of anilines is 2. The standard InChI is InChI=1S/C29H21F2N7O2/c1-14(26-21(15-4-2-5-18(30)11-15)25(39)22-19(31)6-3-7-20(22)40-26)38-29-23(27(33)36-13-37-29)24(32)17-10-16-8-9-34-28(16)35-12-17/h2-14,32H,1H3,(H,34,35)(H3,33,36,37,38)/p+1. The quantitative estimate of drug-likeness (QED) is 0.236. The number of aromatic nitrogens is 4. The van der Waals surface area contributed by atoms with Crippen LogP contribution >= 0.6 is 0 Å². The van der Waals surface area contributed by atoms with Crippen LogP contribution in [0.1, 0.15) is 29.9 Å². The lowest BCUT2D eigenvalue weighted by molar-refractivity contribution is -0.111. The third-order valence-corrected chi connectivity index (χ3v) is 6.61. The highest BCUT2D eigenvalue weighted by Gasteiger charge is 2.27. The molecule has 0 aliphatic rings. The van der Waals surface area contributed by atoms with Crippen molar-refractivity contribution in [3.63, 3.8) is 0 Å². The second-order valence-corrected chi connectivity index (χ2v) is 9.20. The molecular formula is C29H22F2N7O2+. The van der Waals surface area contributed by atoms with Crippen LogP contribution in [0.15, 0.2) is 82.5 Å². The first-order valence-electron chi connectivity index (χ1n) is 12.3. The minimum absolute atomic E-state index is 0.0136. The summed E-state index contributed by atoms with van der Waals surface area (Å²) in [6.07, 6.45) is 4.65. The predicted molar refractivity (Wildman–Crippen MR) is 148 cm³/mol. The van der Waals surface area contributed by atoms with Crippen molar-refractivity contribution in [3.05, 3.63) is 112 Å². The van der Waals surface area contributed by atoms with Crippen molar-refractivity contribution in [2.75, 3.05) is 11.1 Å². The molecular weight excluding hydrogens is 516 g/mol. The van der Waals surface area contributed by atoms with Crippen molar-refractivity contribution in [3.8, 4) is 11.1 Å². The molecule has 11 heteroatoms. The van der Waals surface area contributed by atoms with E-state index in [1.165, 1.54) is 42.7 Å². The molecule has 0 aliphatic carbocycles. The minimum atomic E-state index is -0.739. The molecule has 40 heavy (non-hydrogen) atoms. The Labute approximate surface area is 225 Å². The zero-order valence-electron chi connectivity index (χ0n) is 21.1. The monoisotopic (exact) mass is 538 g/mol. The van der Waals surface area contributed by atoms with Gasteiger partial charge in [-0.1, -0.05) is 18.2 Å². The molecule has 1 atom stereocenters. The molecule has 2 aromatic carbocycles. The number of rotatable bonds is 6. The number of aromatic amines is 1. The first-order valence-corrected chi connectivity index (χ1v) is 12.3. The number of nitrogens with zero attached hydrogens (tertiary/aromatic N) is 3. The van der Waals surface area contributed by atoms with Crippen LogP contribution in [0.5, 0.6) is 0 Å². The topological polar surface area (TPSA) is 148 Å². The average molecular weight is 539 g/mol. The van der Waals surface area contributed by atoms with Gasteiger partial charge >= 0.3 is 0 Å². The normalized spacial score (nSPS) is 12.1. The van der Waals surface area contributed by atoms with Crippen LogP contribution in [0, 0.1) is 11.6 Å². The summed E-state index contributed by atoms with van der Waals surface area (Å²) < 4.78 is 35.0. The van der Waals surface area contributed by atoms with Crippen molar-refractivity contribution >= 4 is 39.4 Å². The summed E-state index contributed by atoms with van der Waals surface area (Å²) in [6.45, 7) is 1.72. The van der Waals surface area contributed by atoms with Gasteiger partial charge in [0.25, 0.3) is 0 Å². The van der Waals surface area contributed by atoms with Crippen molar-refractivity contribution in [1.82, 2.24) is 19.9 Å². The van der Waals surface area contributed by atoms with Crippen LogP contribution in [-0.2, 0) is 0 Å². The summed E-state index contributed by atoms with van der Waals surface area (Å²) >= 11 is 0. The van der Waals surface area contributed by atoms with E-state index in [1.54, 1.807) is 25.4 Å². The average Bonchev–Trinajstić information content (AvgIpc) is 3.41. The van der Waals surface area contributed by atoms with Gasteiger partial charge in [-0.05, 0) is 48.9 Å². The summed E-state index contributed by atoms with van der Waals surface area (Å²) in [6, 6.07) is 12.6. The molecule has 4 aromatic heterocycles. The maximum Gasteiger partial charge on any atom is 0.220 e. The molecule has 0 bridgehead atoms. The number of nitrogens with two attached hydrogens (primary N) is 2. The number of H-pyrrole nitrogens is 1. The molecule has 4 heterocycles. The molecule has 6 rings (SSSR count). The van der Waals surface area contributed by atoms with E-state index >= 15 is 0 Å². The smallest absolute Gasteiger partial charge is 0.220 e. The highest BCUT2D eigenvalue weighted by atomic mass is 19.1. The first kappa shape index (κ1) is 24.9. The zero-order chi connectivity index (χ0) is 28.0. The Bertz CT molecular complexity index is 2000. The first-order chi connectivity index (χ1) is 19.3. The van der Waals surface area contributed by atoms with Gasteiger partial charge in [-0.3, -0.25) is 10.2 Å². The Morgan fingerprint density at radius 1 is 1.10 bits per heavy atom. The number of nitrogen functional groups attached to an aromatic ring is 1. The fourth-order valence-corrected chi connectivity index (χ4v) is 4.71. The Hall–Kier alpha value is -5.45. The number of fused-ring (bicyclic) bond motifs is 2. The summed E-state index contributed by atoms with van der Waals surface area (Å²) in [5.74, 6) is -0.774. The van der Waals surface area contributed by atoms with E-state index in [0.29, 0.717) is 16.8 Å². The fourth-order valence-electron chi connectivity index (χ4n) is 4.71. The van der Waals surface area contributed by atoms with Crippen LogP contribution in [-0.4, -0.2) is 25.6 Å². The van der Waals surface area contributed by atoms with E-state index in [9.17, 15) is 13.6 Å². The molecule has 0 radical (unpaired) electrons. The van der Waals surface area contributed by atoms with Gasteiger partial charge in [0.1, 0.15) is 57.5 Å². The van der Waals surface area contributed by atoms with Crippen LogP contribution in [0.3, 0.4) is 0 Å². The fraction of sp³-hybridized carbons (Fsp3) is 0.0690. The number of halogens is 2. The lowest BCUT2D eigenvalue weighted by Crippen LogP contribution is -2.42. The van der Waals surface area contributed by atoms with Crippen LogP contribution in [0.4, 0.5) is 20.4 Å². The van der Waals surface area contributed by atoms with Gasteiger partial charge in [-0.25, -0.2) is 23.7 Å². The van der Waals surface area contributed by atoms with Gasteiger partial charge in [0.2, 0.25) is 11.1 Å². The van der Waals surface area contributed by atoms with Crippen LogP contribution in [0.2, 0.25) is 0 Å². The third kappa shape index (κ3) is 4.23. The predicted octanol–water partition coefficient (Wildman–Crippen LogP) is 3.76. The lowest BCUT2D eigenvalue weighted by Gasteiger charge is -2.19. The summed E-state index contributed by atoms with van der Waals surface area (Å²) in [5, 5.41) is 10.4. The molecule has 9 nitrogen and oxygen atoms in total. The highest BCUT2D eigenvalue weighted by molar-refractivity contribution is 6.15. The Kier molecular flexibility index (Phi) is 6.03. The second-order valence-electron chi connectivity index (χ2n) is 9.20. The summed E-state index contributed by atoms with van der Waals surface area (Å²) in [7, 11) is 0. The van der Waals surface area contributed by atoms with Crippen molar-refractivity contribution in [1.29, 1.82) is 0 Å². The van der Waals surface area contributed by atoms with Gasteiger partial charge in [0.15, 0.2) is 0 Å². The number of nitrogens with one attached hydrogen (secondary N) is 2. The van der Waals surface area contributed by atoms with Crippen molar-refractivity contribution < 1.29 is 18.6 Å². The van der Waals surface area contributed by atoms with E-state index in [-0.39, 0.29) is 45.2 Å². The van der Waals surface area contributed by atoms with E-state index in [1.807, 2.05) is 12.1 Å². The number of hydrogen-bond acceptors (Lipinski definition) is 7. The molecule has 0 fully saturated rings. The lowest BCUT2D eigenvalue weighted by atomic mass is 9.98. The Morgan fingerprint density at radius 2 is 1.93 bits per heavy atom. The van der Waals surface area contributed by atoms with Gasteiger partial charge in [-0.2, -0.15) is 0 Å². The largest absolute Gasteiger partial charge is 0.458 e. The Balaban J connectivity index is 1.47. The van der Waals surface area contributed by atoms with E-state index < -0.39 is 23.1 Å². The van der Waals surface area contributed by atoms with Crippen molar-refractivity contribution in [2.24, 2.45) is 0 Å². The second kappa shape index (κ2) is 9.70. The third-order valence-electron chi connectivity index (χ3n) is 6.61. The molecule has 0 spiro atoms. The van der Waals surface area contributed by atoms with Crippen molar-refractivity contribution in [2.45, 2.75) is 13.0 Å². The maximum absolute atomic E-state index is 14.7. The zero-order valence-corrected chi connectivity index (χ0v) is 21.1. The summed E-state index contributed by atoms with van der Waals surface area (Å²) in [4.78, 5) is 29.5. The molecule has 0 amide bonds. The summed E-state index contributed by atoms with van der Waals surface area (Å²) in [5.41, 5.74) is 7.81. The molecule has 6 N–H and O–H groups in total. The van der Waals surface area contributed by atoms with Crippen LogP contribution in [0.25, 0.3) is 33.1 Å². The maximum atomic E-state index is 14.7. The number of benzene rings is 2. The number of pyridine rings is 1. The Morgan fingerprint density at radius 3 is 2.75 bits per heavy atom. The molecule has 0 saturated heterocycles. The molecule has 1 unspecified atom stereocenters. The van der Waals surface area contributed by atoms with Gasteiger partial charge in [-0.15, -0.1) is 0 Å². The van der Waals surface area contributed by atoms with Gasteiger partial charge in [0, 0.05) is 17.8 Å². The molecule has 198 valence electrons. The highest BCUT2D eigenvalue weighted by Crippen LogP contribution is 2.33. The van der Waals surface area contributed by atoms with E-state index in [4.69, 9.17) is 15.6 Å². The van der Waals surface area contributed by atoms with E-state index in [2.05, 4.69) is 25.3 Å². The van der Waals surface area contributed by atoms with E-state index in [0.717, 1.165) is 5.39 Å². The molecule has 0 saturated carbocycles.